The number of anilines is 1. The second-order valence-corrected chi connectivity index (χ2v) is 9.92. The predicted octanol–water partition coefficient (Wildman–Crippen LogP) is 6.43. The number of hydrogen-bond acceptors (Lipinski definition) is 5. The highest BCUT2D eigenvalue weighted by Crippen LogP contribution is 2.35. The lowest BCUT2D eigenvalue weighted by molar-refractivity contribution is -0.126. The number of nitrogens with one attached hydrogen (secondary N) is 2. The van der Waals surface area contributed by atoms with Gasteiger partial charge in [-0.15, -0.1) is 0 Å². The Morgan fingerprint density at radius 3 is 2.60 bits per heavy atom. The second-order valence-electron chi connectivity index (χ2n) is 7.06. The number of hydrazone groups is 1. The van der Waals surface area contributed by atoms with Crippen molar-refractivity contribution < 1.29 is 19.1 Å². The van der Waals surface area contributed by atoms with E-state index in [0.717, 1.165) is 13.6 Å². The van der Waals surface area contributed by atoms with Crippen LogP contribution in [0.2, 0.25) is 10.0 Å². The number of carbonyl (C=O) groups excluding carboxylic acids is 2. The normalized spacial score (nSPS) is 10.8. The molecule has 0 unspecified atom stereocenters. The summed E-state index contributed by atoms with van der Waals surface area (Å²) in [7, 11) is 1.53. The van der Waals surface area contributed by atoms with Gasteiger partial charge in [0.1, 0.15) is 13.0 Å². The summed E-state index contributed by atoms with van der Waals surface area (Å²) in [5, 5.41) is 7.66. The molecule has 0 saturated carbocycles. The Morgan fingerprint density at radius 1 is 1.11 bits per heavy atom. The standard InChI is InChI=1S/C24H19BrCl2IN3O4/c1-34-21-9-14(8-19(28)24(21)35-13-15-6-7-16(26)10-18(15)27)12-29-31-23(33)11-22(32)30-20-5-3-2-4-17(20)25/h2-10,12H,11,13H2,1H3,(H,30,32)(H,31,33). The molecular formula is C24H19BrCl2IN3O4. The fourth-order valence-electron chi connectivity index (χ4n) is 2.86. The Hall–Kier alpha value is -2.34. The van der Waals surface area contributed by atoms with Crippen molar-refractivity contribution in [1.82, 2.24) is 5.43 Å². The van der Waals surface area contributed by atoms with Gasteiger partial charge in [-0.3, -0.25) is 9.59 Å². The van der Waals surface area contributed by atoms with E-state index in [1.54, 1.807) is 42.5 Å². The molecule has 3 aromatic carbocycles. The first-order valence-corrected chi connectivity index (χ1v) is 12.7. The van der Waals surface area contributed by atoms with Gasteiger partial charge in [-0.1, -0.05) is 41.4 Å². The van der Waals surface area contributed by atoms with Crippen molar-refractivity contribution in [3.05, 3.63) is 83.8 Å². The van der Waals surface area contributed by atoms with E-state index in [1.807, 2.05) is 12.1 Å². The Morgan fingerprint density at radius 2 is 1.89 bits per heavy atom. The van der Waals surface area contributed by atoms with Crippen LogP contribution in [-0.2, 0) is 16.2 Å². The summed E-state index contributed by atoms with van der Waals surface area (Å²) in [6, 6.07) is 15.9. The number of nitrogens with zero attached hydrogens (tertiary/aromatic N) is 1. The number of halogens is 4. The zero-order valence-electron chi connectivity index (χ0n) is 18.3. The largest absolute Gasteiger partial charge is 0.493 e. The first-order valence-electron chi connectivity index (χ1n) is 10.1. The summed E-state index contributed by atoms with van der Waals surface area (Å²) in [6.07, 6.45) is 1.08. The summed E-state index contributed by atoms with van der Waals surface area (Å²) in [4.78, 5) is 24.2. The summed E-state index contributed by atoms with van der Waals surface area (Å²) >= 11 is 17.6. The van der Waals surface area contributed by atoms with Crippen LogP contribution < -0.4 is 20.2 Å². The Kier molecular flexibility index (Phi) is 10.2. The van der Waals surface area contributed by atoms with Gasteiger partial charge in [0.2, 0.25) is 11.8 Å². The Labute approximate surface area is 234 Å². The van der Waals surface area contributed by atoms with Gasteiger partial charge in [0.05, 0.1) is 22.6 Å². The maximum atomic E-state index is 12.1. The second kappa shape index (κ2) is 13.1. The van der Waals surface area contributed by atoms with Crippen LogP contribution in [0.3, 0.4) is 0 Å². The van der Waals surface area contributed by atoms with Crippen molar-refractivity contribution in [2.24, 2.45) is 5.10 Å². The number of amides is 2. The number of ether oxygens (including phenoxy) is 2. The summed E-state index contributed by atoms with van der Waals surface area (Å²) in [5.74, 6) is 0.0296. The predicted molar refractivity (Wildman–Crippen MR) is 150 cm³/mol. The molecule has 0 bridgehead atoms. The number of hydrogen-bond donors (Lipinski definition) is 2. The lowest BCUT2D eigenvalue weighted by Crippen LogP contribution is -2.24. The lowest BCUT2D eigenvalue weighted by atomic mass is 10.2. The first-order chi connectivity index (χ1) is 16.8. The molecule has 35 heavy (non-hydrogen) atoms. The summed E-state index contributed by atoms with van der Waals surface area (Å²) < 4.78 is 12.9. The van der Waals surface area contributed by atoms with E-state index in [1.165, 1.54) is 13.3 Å². The molecule has 0 aliphatic rings. The maximum Gasteiger partial charge on any atom is 0.249 e. The van der Waals surface area contributed by atoms with Gasteiger partial charge in [-0.2, -0.15) is 5.10 Å². The first kappa shape index (κ1) is 27.3. The highest BCUT2D eigenvalue weighted by molar-refractivity contribution is 14.1. The molecule has 0 heterocycles. The third-order valence-corrected chi connectivity index (χ3v) is 6.59. The molecule has 0 radical (unpaired) electrons. The third-order valence-electron chi connectivity index (χ3n) is 4.51. The zero-order chi connectivity index (χ0) is 25.4. The Bertz CT molecular complexity index is 1270. The van der Waals surface area contributed by atoms with Crippen molar-refractivity contribution in [2.75, 3.05) is 12.4 Å². The van der Waals surface area contributed by atoms with Crippen LogP contribution in [0.15, 0.2) is 64.2 Å². The van der Waals surface area contributed by atoms with E-state index in [0.29, 0.717) is 32.8 Å². The van der Waals surface area contributed by atoms with Crippen LogP contribution in [-0.4, -0.2) is 25.1 Å². The van der Waals surface area contributed by atoms with Gasteiger partial charge >= 0.3 is 0 Å². The van der Waals surface area contributed by atoms with Crippen molar-refractivity contribution in [2.45, 2.75) is 13.0 Å². The minimum atomic E-state index is -0.549. The molecule has 0 fully saturated rings. The van der Waals surface area contributed by atoms with Crippen molar-refractivity contribution >= 4 is 85.4 Å². The van der Waals surface area contributed by atoms with Crippen molar-refractivity contribution in [3.63, 3.8) is 0 Å². The molecule has 11 heteroatoms. The lowest BCUT2D eigenvalue weighted by Gasteiger charge is -2.14. The number of methoxy groups -OCH3 is 1. The van der Waals surface area contributed by atoms with Gasteiger partial charge in [0, 0.05) is 20.1 Å². The van der Waals surface area contributed by atoms with E-state index in [9.17, 15) is 9.59 Å². The van der Waals surface area contributed by atoms with Gasteiger partial charge < -0.3 is 14.8 Å². The molecule has 2 N–H and O–H groups in total. The van der Waals surface area contributed by atoms with E-state index in [-0.39, 0.29) is 13.0 Å². The monoisotopic (exact) mass is 689 g/mol. The molecule has 0 spiro atoms. The van der Waals surface area contributed by atoms with Crippen LogP contribution >= 0.6 is 61.7 Å². The SMILES string of the molecule is COc1cc(C=NNC(=O)CC(=O)Nc2ccccc2Br)cc(I)c1OCc1ccc(Cl)cc1Cl. The molecule has 0 aromatic heterocycles. The molecule has 7 nitrogen and oxygen atoms in total. The fourth-order valence-corrected chi connectivity index (χ4v) is 4.49. The highest BCUT2D eigenvalue weighted by atomic mass is 127. The molecule has 0 atom stereocenters. The fraction of sp³-hybridized carbons (Fsp3) is 0.125. The van der Waals surface area contributed by atoms with Crippen LogP contribution in [0.4, 0.5) is 5.69 Å². The summed E-state index contributed by atoms with van der Waals surface area (Å²) in [6.45, 7) is 0.230. The molecule has 3 aromatic rings. The quantitative estimate of drug-likeness (QED) is 0.117. The van der Waals surface area contributed by atoms with E-state index >= 15 is 0 Å². The van der Waals surface area contributed by atoms with Crippen LogP contribution in [0, 0.1) is 3.57 Å². The molecule has 0 aliphatic carbocycles. The van der Waals surface area contributed by atoms with Crippen LogP contribution in [0.1, 0.15) is 17.5 Å². The van der Waals surface area contributed by atoms with Gasteiger partial charge in [0.25, 0.3) is 0 Å². The average Bonchev–Trinajstić information content (AvgIpc) is 2.80. The molecule has 182 valence electrons. The molecule has 0 saturated heterocycles. The van der Waals surface area contributed by atoms with Gasteiger partial charge in [0.15, 0.2) is 11.5 Å². The van der Waals surface area contributed by atoms with Gasteiger partial charge in [-0.25, -0.2) is 5.43 Å². The highest BCUT2D eigenvalue weighted by Gasteiger charge is 2.13. The molecule has 3 rings (SSSR count). The number of para-hydroxylation sites is 1. The van der Waals surface area contributed by atoms with Gasteiger partial charge in [-0.05, 0) is 80.5 Å². The van der Waals surface area contributed by atoms with Crippen LogP contribution in [0.5, 0.6) is 11.5 Å². The molecular weight excluding hydrogens is 672 g/mol. The minimum Gasteiger partial charge on any atom is -0.493 e. The summed E-state index contributed by atoms with van der Waals surface area (Å²) in [5.41, 5.74) is 4.38. The molecule has 0 aliphatic heterocycles. The number of carbonyl (C=O) groups is 2. The smallest absolute Gasteiger partial charge is 0.249 e. The van der Waals surface area contributed by atoms with E-state index in [2.05, 4.69) is 54.4 Å². The Balaban J connectivity index is 1.59. The minimum absolute atomic E-state index is 0.230. The van der Waals surface area contributed by atoms with E-state index < -0.39 is 11.8 Å². The van der Waals surface area contributed by atoms with E-state index in [4.69, 9.17) is 32.7 Å². The van der Waals surface area contributed by atoms with Crippen molar-refractivity contribution in [3.8, 4) is 11.5 Å². The van der Waals surface area contributed by atoms with Crippen LogP contribution in [0.25, 0.3) is 0 Å². The number of benzene rings is 3. The topological polar surface area (TPSA) is 89.0 Å². The molecule has 2 amide bonds. The van der Waals surface area contributed by atoms with Crippen molar-refractivity contribution in [1.29, 1.82) is 0 Å². The zero-order valence-corrected chi connectivity index (χ0v) is 23.5. The third kappa shape index (κ3) is 8.09. The number of rotatable bonds is 9. The average molecular weight is 691 g/mol. The maximum absolute atomic E-state index is 12.1.